The second-order valence-corrected chi connectivity index (χ2v) is 8.38. The predicted octanol–water partition coefficient (Wildman–Crippen LogP) is 5.61. The molecule has 1 amide bonds. The van der Waals surface area contributed by atoms with E-state index in [4.69, 9.17) is 16.9 Å². The number of rotatable bonds is 20. The van der Waals surface area contributed by atoms with Crippen LogP contribution in [0.25, 0.3) is 0 Å². The first-order valence-corrected chi connectivity index (χ1v) is 11.9. The number of unbranched alkanes of at least 4 members (excludes halogenated alkanes) is 13. The maximum Gasteiger partial charge on any atom is 0.220 e. The van der Waals surface area contributed by atoms with Crippen LogP contribution in [-0.2, 0) is 4.79 Å². The third-order valence-corrected chi connectivity index (χ3v) is 5.73. The number of hydrogen-bond acceptors (Lipinski definition) is 2. The largest absolute Gasteiger partial charge is 0.370 e. The SMILES string of the molecule is CCCCCCCCCCCCCCCCC(CC(CC)NC(=N)N)C(N)=O. The third-order valence-electron chi connectivity index (χ3n) is 5.73. The Morgan fingerprint density at radius 1 is 0.786 bits per heavy atom. The zero-order chi connectivity index (χ0) is 21.0. The molecule has 0 heterocycles. The number of nitrogens with two attached hydrogens (primary N) is 2. The van der Waals surface area contributed by atoms with Gasteiger partial charge in [0.25, 0.3) is 0 Å². The van der Waals surface area contributed by atoms with Crippen LogP contribution in [0.5, 0.6) is 0 Å². The summed E-state index contributed by atoms with van der Waals surface area (Å²) in [6.07, 6.45) is 21.1. The Bertz CT molecular complexity index is 387. The quantitative estimate of drug-likeness (QED) is 0.122. The van der Waals surface area contributed by atoms with Crippen molar-refractivity contribution in [1.82, 2.24) is 5.32 Å². The maximum atomic E-state index is 11.7. The van der Waals surface area contributed by atoms with Gasteiger partial charge in [-0.05, 0) is 19.3 Å². The molecule has 2 unspecified atom stereocenters. The van der Waals surface area contributed by atoms with Gasteiger partial charge < -0.3 is 16.8 Å². The molecule has 166 valence electrons. The van der Waals surface area contributed by atoms with Crippen molar-refractivity contribution in [2.24, 2.45) is 17.4 Å². The second-order valence-electron chi connectivity index (χ2n) is 8.38. The van der Waals surface area contributed by atoms with E-state index in [2.05, 4.69) is 12.2 Å². The highest BCUT2D eigenvalue weighted by atomic mass is 16.1. The number of amides is 1. The van der Waals surface area contributed by atoms with Crippen LogP contribution in [0.1, 0.15) is 123 Å². The molecule has 0 bridgehead atoms. The molecule has 5 heteroatoms. The van der Waals surface area contributed by atoms with Crippen molar-refractivity contribution in [2.75, 3.05) is 0 Å². The van der Waals surface area contributed by atoms with Gasteiger partial charge in [-0.25, -0.2) is 0 Å². The van der Waals surface area contributed by atoms with Crippen molar-refractivity contribution in [2.45, 2.75) is 129 Å². The van der Waals surface area contributed by atoms with Crippen molar-refractivity contribution in [3.05, 3.63) is 0 Å². The first-order chi connectivity index (χ1) is 13.5. The summed E-state index contributed by atoms with van der Waals surface area (Å²) in [6, 6.07) is 0.0571. The topological polar surface area (TPSA) is 105 Å². The molecule has 0 radical (unpaired) electrons. The average Bonchev–Trinajstić information content (AvgIpc) is 2.65. The number of carbonyl (C=O) groups is 1. The highest BCUT2D eigenvalue weighted by Crippen LogP contribution is 2.18. The molecule has 0 fully saturated rings. The van der Waals surface area contributed by atoms with Crippen molar-refractivity contribution in [1.29, 1.82) is 5.41 Å². The van der Waals surface area contributed by atoms with Crippen LogP contribution < -0.4 is 16.8 Å². The molecule has 0 aromatic rings. The molecule has 5 nitrogen and oxygen atoms in total. The van der Waals surface area contributed by atoms with Gasteiger partial charge in [0.15, 0.2) is 5.96 Å². The summed E-state index contributed by atoms with van der Waals surface area (Å²) in [5.41, 5.74) is 11.0. The Morgan fingerprint density at radius 3 is 1.57 bits per heavy atom. The van der Waals surface area contributed by atoms with E-state index in [0.717, 1.165) is 19.3 Å². The molecule has 28 heavy (non-hydrogen) atoms. The van der Waals surface area contributed by atoms with Gasteiger partial charge in [0.05, 0.1) is 0 Å². The van der Waals surface area contributed by atoms with Gasteiger partial charge in [-0.1, -0.05) is 104 Å². The van der Waals surface area contributed by atoms with E-state index in [1.54, 1.807) is 0 Å². The lowest BCUT2D eigenvalue weighted by molar-refractivity contribution is -0.122. The summed E-state index contributed by atoms with van der Waals surface area (Å²) in [4.78, 5) is 11.7. The highest BCUT2D eigenvalue weighted by Gasteiger charge is 2.20. The molecule has 0 saturated carbocycles. The van der Waals surface area contributed by atoms with E-state index < -0.39 is 0 Å². The van der Waals surface area contributed by atoms with Gasteiger partial charge in [0, 0.05) is 12.0 Å². The lowest BCUT2D eigenvalue weighted by Crippen LogP contribution is -2.41. The molecule has 2 atom stereocenters. The molecular formula is C23H48N4O. The van der Waals surface area contributed by atoms with Crippen LogP contribution in [-0.4, -0.2) is 17.9 Å². The monoisotopic (exact) mass is 396 g/mol. The molecule has 6 N–H and O–H groups in total. The number of primary amides is 1. The van der Waals surface area contributed by atoms with Crippen molar-refractivity contribution < 1.29 is 4.79 Å². The van der Waals surface area contributed by atoms with Crippen molar-refractivity contribution in [3.8, 4) is 0 Å². The van der Waals surface area contributed by atoms with Gasteiger partial charge in [-0.2, -0.15) is 0 Å². The van der Waals surface area contributed by atoms with Crippen LogP contribution in [0.4, 0.5) is 0 Å². The molecule has 0 saturated heterocycles. The first kappa shape index (κ1) is 26.7. The van der Waals surface area contributed by atoms with Gasteiger partial charge in [0.1, 0.15) is 0 Å². The lowest BCUT2D eigenvalue weighted by Gasteiger charge is -2.21. The van der Waals surface area contributed by atoms with Crippen LogP contribution in [0.2, 0.25) is 0 Å². The molecule has 0 aliphatic carbocycles. The van der Waals surface area contributed by atoms with E-state index in [0.29, 0.717) is 6.42 Å². The zero-order valence-corrected chi connectivity index (χ0v) is 18.7. The molecule has 0 spiro atoms. The van der Waals surface area contributed by atoms with E-state index in [-0.39, 0.29) is 23.8 Å². The summed E-state index contributed by atoms with van der Waals surface area (Å²) in [7, 11) is 0. The second kappa shape index (κ2) is 19.1. The predicted molar refractivity (Wildman–Crippen MR) is 121 cm³/mol. The summed E-state index contributed by atoms with van der Waals surface area (Å²) >= 11 is 0. The fourth-order valence-electron chi connectivity index (χ4n) is 3.85. The first-order valence-electron chi connectivity index (χ1n) is 11.9. The van der Waals surface area contributed by atoms with Crippen LogP contribution in [0.3, 0.4) is 0 Å². The molecule has 0 aliphatic rings. The smallest absolute Gasteiger partial charge is 0.220 e. The van der Waals surface area contributed by atoms with Crippen molar-refractivity contribution >= 4 is 11.9 Å². The molecule has 0 aromatic heterocycles. The molecule has 0 aromatic carbocycles. The molecule has 0 aliphatic heterocycles. The van der Waals surface area contributed by atoms with E-state index in [9.17, 15) is 4.79 Å². The van der Waals surface area contributed by atoms with Gasteiger partial charge >= 0.3 is 0 Å². The van der Waals surface area contributed by atoms with E-state index in [1.165, 1.54) is 83.5 Å². The summed E-state index contributed by atoms with van der Waals surface area (Å²) < 4.78 is 0. The maximum absolute atomic E-state index is 11.7. The normalized spacial score (nSPS) is 13.2. The number of carbonyl (C=O) groups excluding carboxylic acids is 1. The molecular weight excluding hydrogens is 348 g/mol. The van der Waals surface area contributed by atoms with Crippen LogP contribution in [0.15, 0.2) is 0 Å². The highest BCUT2D eigenvalue weighted by molar-refractivity contribution is 5.77. The zero-order valence-electron chi connectivity index (χ0n) is 18.7. The Labute approximate surface area is 174 Å². The van der Waals surface area contributed by atoms with E-state index in [1.807, 2.05) is 6.92 Å². The Morgan fingerprint density at radius 2 is 1.21 bits per heavy atom. The van der Waals surface area contributed by atoms with Crippen molar-refractivity contribution in [3.63, 3.8) is 0 Å². The minimum absolute atomic E-state index is 0.0356. The Hall–Kier alpha value is -1.26. The number of hydrogen-bond donors (Lipinski definition) is 4. The minimum Gasteiger partial charge on any atom is -0.370 e. The third kappa shape index (κ3) is 16.9. The Kier molecular flexibility index (Phi) is 18.2. The van der Waals surface area contributed by atoms with Gasteiger partial charge in [0.2, 0.25) is 5.91 Å². The molecule has 0 rings (SSSR count). The van der Waals surface area contributed by atoms with Gasteiger partial charge in [-0.3, -0.25) is 10.2 Å². The summed E-state index contributed by atoms with van der Waals surface area (Å²) in [6.45, 7) is 4.30. The summed E-state index contributed by atoms with van der Waals surface area (Å²) in [5, 5.41) is 10.3. The minimum atomic E-state index is -0.224. The Balaban J connectivity index is 3.60. The van der Waals surface area contributed by atoms with Gasteiger partial charge in [-0.15, -0.1) is 0 Å². The van der Waals surface area contributed by atoms with Crippen LogP contribution >= 0.6 is 0 Å². The average molecular weight is 397 g/mol. The standard InChI is InChI=1S/C23H48N4O/c1-3-5-6-7-8-9-10-11-12-13-14-15-16-17-18-20(22(24)28)19-21(4-2)27-23(25)26/h20-21H,3-19H2,1-2H3,(H2,24,28)(H4,25,26,27). The van der Waals surface area contributed by atoms with E-state index >= 15 is 0 Å². The van der Waals surface area contributed by atoms with Crippen LogP contribution in [0, 0.1) is 11.3 Å². The lowest BCUT2D eigenvalue weighted by atomic mass is 9.92. The fraction of sp³-hybridized carbons (Fsp3) is 0.913. The fourth-order valence-corrected chi connectivity index (χ4v) is 3.85. The number of nitrogens with one attached hydrogen (secondary N) is 2. The summed E-state index contributed by atoms with van der Waals surface area (Å²) in [5.74, 6) is -0.376. The number of guanidine groups is 1.